The molecule has 0 aromatic carbocycles. The molecule has 6 heteroatoms. The van der Waals surface area contributed by atoms with Crippen LogP contribution in [-0.2, 0) is 21.1 Å². The fourth-order valence-electron chi connectivity index (χ4n) is 0. The molecule has 0 rings (SSSR count). The molecule has 0 amide bonds. The zero-order valence-corrected chi connectivity index (χ0v) is 9.01. The third-order valence-corrected chi connectivity index (χ3v) is 0. The van der Waals surface area contributed by atoms with Gasteiger partial charge in [-0.25, -0.2) is 0 Å². The number of rotatable bonds is 0. The van der Waals surface area contributed by atoms with E-state index in [1.807, 2.05) is 0 Å². The summed E-state index contributed by atoms with van der Waals surface area (Å²) in [5.41, 5.74) is 0. The summed E-state index contributed by atoms with van der Waals surface area (Å²) < 4.78 is 0. The molecular weight excluding hydrogens is 361 g/mol. The molecule has 0 radical (unpaired) electrons. The maximum atomic E-state index is 0. The maximum Gasteiger partial charge on any atom is 0 e. The number of halogens is 5. The Morgan fingerprint density at radius 1 is 0.333 bits per heavy atom. The molecule has 0 aliphatic heterocycles. The van der Waals surface area contributed by atoms with Crippen molar-refractivity contribution in [1.29, 1.82) is 0 Å². The van der Waals surface area contributed by atoms with Gasteiger partial charge in [0.25, 0.3) is 0 Å². The second-order valence-electron chi connectivity index (χ2n) is 0. The van der Waals surface area contributed by atoms with Crippen molar-refractivity contribution in [2.75, 3.05) is 0 Å². The van der Waals surface area contributed by atoms with E-state index in [1.165, 1.54) is 0 Å². The molecule has 46 valence electrons. The largest absolute Gasteiger partial charge is 1.00 e. The van der Waals surface area contributed by atoms with Gasteiger partial charge in [-0.2, -0.15) is 0 Å². The van der Waals surface area contributed by atoms with Gasteiger partial charge in [0.15, 0.2) is 0 Å². The minimum Gasteiger partial charge on any atom is -1.00 e. The van der Waals surface area contributed by atoms with Gasteiger partial charge in [-0.3, -0.25) is 0 Å². The predicted octanol–water partition coefficient (Wildman–Crippen LogP) is -15.0. The first-order valence-electron chi connectivity index (χ1n) is 0. The second-order valence-corrected chi connectivity index (χ2v) is 0. The molecule has 0 unspecified atom stereocenters. The molecule has 6 heavy (non-hydrogen) atoms. The molecule has 0 fully saturated rings. The van der Waals surface area contributed by atoms with Gasteiger partial charge < -0.3 is 62.0 Å². The first kappa shape index (κ1) is 90.7. The van der Waals surface area contributed by atoms with Gasteiger partial charge >= 0.3 is 0 Å². The van der Waals surface area contributed by atoms with Crippen molar-refractivity contribution in [1.82, 2.24) is 0 Å². The second kappa shape index (κ2) is 58.8. The van der Waals surface area contributed by atoms with Crippen LogP contribution in [0.3, 0.4) is 0 Å². The quantitative estimate of drug-likeness (QED) is 0.402. The summed E-state index contributed by atoms with van der Waals surface area (Å²) >= 11 is 0. The van der Waals surface area contributed by atoms with Gasteiger partial charge in [-0.15, -0.1) is 0 Å². The van der Waals surface area contributed by atoms with Crippen LogP contribution < -0.4 is 62.0 Å². The average Bonchev–Trinajstić information content (AvgIpc) is 0. The summed E-state index contributed by atoms with van der Waals surface area (Å²) in [6, 6.07) is 0. The third-order valence-electron chi connectivity index (χ3n) is 0. The molecule has 0 spiro atoms. The Kier molecular flexibility index (Phi) is 889. The molecule has 0 saturated carbocycles. The monoisotopic (exact) mass is 359 g/mol. The van der Waals surface area contributed by atoms with Crippen LogP contribution in [0.1, 0.15) is 0 Å². The maximum absolute atomic E-state index is 0. The Labute approximate surface area is 82.5 Å². The first-order valence-corrected chi connectivity index (χ1v) is 0. The molecule has 0 aromatic rings. The Bertz CT molecular complexity index is 3.90. The summed E-state index contributed by atoms with van der Waals surface area (Å²) in [6.07, 6.45) is 0. The zero-order chi connectivity index (χ0) is 0. The van der Waals surface area contributed by atoms with Crippen molar-refractivity contribution in [2.24, 2.45) is 0 Å². The van der Waals surface area contributed by atoms with Gasteiger partial charge in [0.2, 0.25) is 0 Å². The molecule has 0 aromatic heterocycles. The molecule has 0 N–H and O–H groups in total. The van der Waals surface area contributed by atoms with E-state index < -0.39 is 0 Å². The Morgan fingerprint density at radius 3 is 0.333 bits per heavy atom. The summed E-state index contributed by atoms with van der Waals surface area (Å²) in [5, 5.41) is 0. The fourth-order valence-corrected chi connectivity index (χ4v) is 0. The minimum absolute atomic E-state index is 0. The average molecular weight is 361 g/mol. The Hall–Kier alpha value is 2.14. The van der Waals surface area contributed by atoms with Crippen LogP contribution in [0, 0.1) is 0 Å². The normalized spacial score (nSPS) is 0. The van der Waals surface area contributed by atoms with E-state index in [4.69, 9.17) is 0 Å². The molecule has 0 heterocycles. The molecular formula is Cl5W-5. The minimum atomic E-state index is 0. The van der Waals surface area contributed by atoms with Crippen molar-refractivity contribution in [3.63, 3.8) is 0 Å². The van der Waals surface area contributed by atoms with E-state index in [1.54, 1.807) is 0 Å². The smallest absolute Gasteiger partial charge is 0 e. The van der Waals surface area contributed by atoms with Gasteiger partial charge in [0, 0.05) is 21.1 Å². The summed E-state index contributed by atoms with van der Waals surface area (Å²) in [4.78, 5) is 0. The topological polar surface area (TPSA) is 0 Å². The first-order chi connectivity index (χ1) is 0. The number of hydrogen-bond acceptors (Lipinski definition) is 0. The Morgan fingerprint density at radius 2 is 0.333 bits per heavy atom. The van der Waals surface area contributed by atoms with Crippen LogP contribution in [0.5, 0.6) is 0 Å². The fraction of sp³-hybridized carbons (Fsp3) is 0. The van der Waals surface area contributed by atoms with Crippen LogP contribution in [-0.4, -0.2) is 0 Å². The van der Waals surface area contributed by atoms with Crippen molar-refractivity contribution < 1.29 is 83.1 Å². The van der Waals surface area contributed by atoms with Gasteiger partial charge in [-0.05, 0) is 0 Å². The van der Waals surface area contributed by atoms with Gasteiger partial charge in [-0.1, -0.05) is 0 Å². The molecule has 0 atom stereocenters. The van der Waals surface area contributed by atoms with Crippen LogP contribution in [0.2, 0.25) is 0 Å². The van der Waals surface area contributed by atoms with E-state index in [9.17, 15) is 0 Å². The van der Waals surface area contributed by atoms with Crippen molar-refractivity contribution >= 4 is 0 Å². The van der Waals surface area contributed by atoms with Crippen LogP contribution >= 0.6 is 0 Å². The zero-order valence-electron chi connectivity index (χ0n) is 2.30. The summed E-state index contributed by atoms with van der Waals surface area (Å²) in [7, 11) is 0. The van der Waals surface area contributed by atoms with E-state index in [0.717, 1.165) is 0 Å². The molecule has 0 bridgehead atoms. The third kappa shape index (κ3) is 35.4. The van der Waals surface area contributed by atoms with E-state index in [0.29, 0.717) is 0 Å². The molecule has 0 saturated heterocycles. The number of hydrogen-bond donors (Lipinski definition) is 0. The molecule has 0 aliphatic carbocycles. The molecule has 0 nitrogen and oxygen atoms in total. The predicted molar refractivity (Wildman–Crippen MR) is 0 cm³/mol. The van der Waals surface area contributed by atoms with Gasteiger partial charge in [0.1, 0.15) is 0 Å². The van der Waals surface area contributed by atoms with E-state index in [-0.39, 0.29) is 83.1 Å². The SMILES string of the molecule is [Cl-].[Cl-].[Cl-].[Cl-].[Cl-].[W]. The van der Waals surface area contributed by atoms with E-state index >= 15 is 0 Å². The van der Waals surface area contributed by atoms with Crippen LogP contribution in [0.25, 0.3) is 0 Å². The standard InChI is InChI=1S/5ClH.W/h5*1H;/p-5. The summed E-state index contributed by atoms with van der Waals surface area (Å²) in [5.74, 6) is 0. The van der Waals surface area contributed by atoms with Crippen molar-refractivity contribution in [2.45, 2.75) is 0 Å². The van der Waals surface area contributed by atoms with Crippen LogP contribution in [0.15, 0.2) is 0 Å². The van der Waals surface area contributed by atoms with Gasteiger partial charge in [0.05, 0.1) is 0 Å². The van der Waals surface area contributed by atoms with Crippen LogP contribution in [0.4, 0.5) is 0 Å². The van der Waals surface area contributed by atoms with Crippen molar-refractivity contribution in [3.05, 3.63) is 0 Å². The Balaban J connectivity index is 0. The molecule has 0 aliphatic rings. The van der Waals surface area contributed by atoms with Crippen molar-refractivity contribution in [3.8, 4) is 0 Å². The van der Waals surface area contributed by atoms with E-state index in [2.05, 4.69) is 0 Å². The summed E-state index contributed by atoms with van der Waals surface area (Å²) in [6.45, 7) is 0.